The summed E-state index contributed by atoms with van der Waals surface area (Å²) >= 11 is 0. The lowest BCUT2D eigenvalue weighted by atomic mass is 9.97. The van der Waals surface area contributed by atoms with Gasteiger partial charge in [-0.05, 0) is 78.5 Å². The third-order valence-corrected chi connectivity index (χ3v) is 4.84. The van der Waals surface area contributed by atoms with E-state index in [2.05, 4.69) is 5.32 Å². The van der Waals surface area contributed by atoms with Crippen molar-refractivity contribution >= 4 is 24.1 Å². The summed E-state index contributed by atoms with van der Waals surface area (Å²) < 4.78 is 21.6. The van der Waals surface area contributed by atoms with Gasteiger partial charge in [0.2, 0.25) is 0 Å². The van der Waals surface area contributed by atoms with Gasteiger partial charge in [-0.15, -0.1) is 0 Å². The number of carbonyl (C=O) groups excluding carboxylic acids is 3. The van der Waals surface area contributed by atoms with E-state index in [1.165, 1.54) is 18.2 Å². The number of carboxylic acid groups (broad SMARTS) is 1. The molecule has 214 valence electrons. The molecule has 1 atom stereocenters. The van der Waals surface area contributed by atoms with Crippen molar-refractivity contribution in [3.05, 3.63) is 23.8 Å². The van der Waals surface area contributed by atoms with Gasteiger partial charge < -0.3 is 24.1 Å². The van der Waals surface area contributed by atoms with Crippen molar-refractivity contribution in [3.8, 4) is 11.5 Å². The van der Waals surface area contributed by atoms with Gasteiger partial charge in [0.25, 0.3) is 5.72 Å². The Kier molecular flexibility index (Phi) is 10.5. The molecule has 38 heavy (non-hydrogen) atoms. The zero-order valence-corrected chi connectivity index (χ0v) is 24.4. The van der Waals surface area contributed by atoms with Crippen LogP contribution in [0.3, 0.4) is 0 Å². The molecular formula is C28H43NO9. The van der Waals surface area contributed by atoms with Crippen molar-refractivity contribution < 1.29 is 43.2 Å². The summed E-state index contributed by atoms with van der Waals surface area (Å²) in [6.07, 6.45) is -1.50. The predicted molar refractivity (Wildman–Crippen MR) is 141 cm³/mol. The smallest absolute Gasteiger partial charge is 0.477 e. The fourth-order valence-electron chi connectivity index (χ4n) is 2.83. The van der Waals surface area contributed by atoms with E-state index in [0.717, 1.165) is 0 Å². The van der Waals surface area contributed by atoms with E-state index in [4.69, 9.17) is 18.9 Å². The SMILES string of the molecule is CC(C)N[C@@](Cc1ccc(OC(=O)C(C)(C)C)c(OC(=O)C(C)(C)C)c1)(OC(=O)OCC(C)(C)C)C(=O)O. The quantitative estimate of drug-likeness (QED) is 0.248. The maximum Gasteiger partial charge on any atom is 0.510 e. The van der Waals surface area contributed by atoms with Crippen LogP contribution in [0.4, 0.5) is 4.79 Å². The molecule has 1 aromatic carbocycles. The van der Waals surface area contributed by atoms with Gasteiger partial charge in [-0.3, -0.25) is 14.9 Å². The Morgan fingerprint density at radius 3 is 1.76 bits per heavy atom. The molecule has 0 amide bonds. The minimum atomic E-state index is -2.20. The van der Waals surface area contributed by atoms with Crippen LogP contribution in [0.25, 0.3) is 0 Å². The molecule has 1 rings (SSSR count). The van der Waals surface area contributed by atoms with Crippen LogP contribution in [0.2, 0.25) is 0 Å². The molecule has 1 aromatic rings. The molecule has 10 nitrogen and oxygen atoms in total. The number of nitrogens with one attached hydrogen (secondary N) is 1. The first-order chi connectivity index (χ1) is 17.1. The van der Waals surface area contributed by atoms with Crippen LogP contribution >= 0.6 is 0 Å². The summed E-state index contributed by atoms with van der Waals surface area (Å²) in [6, 6.07) is 3.90. The molecular weight excluding hydrogens is 494 g/mol. The van der Waals surface area contributed by atoms with Crippen LogP contribution in [0.5, 0.6) is 11.5 Å². The first-order valence-corrected chi connectivity index (χ1v) is 12.5. The molecule has 0 fully saturated rings. The lowest BCUT2D eigenvalue weighted by Gasteiger charge is -2.32. The van der Waals surface area contributed by atoms with Gasteiger partial charge in [-0.2, -0.15) is 0 Å². The summed E-state index contributed by atoms with van der Waals surface area (Å²) in [6.45, 7) is 19.0. The third kappa shape index (κ3) is 10.3. The van der Waals surface area contributed by atoms with Gasteiger partial charge in [-0.1, -0.05) is 26.8 Å². The molecule has 0 aliphatic heterocycles. The van der Waals surface area contributed by atoms with Crippen LogP contribution in [0, 0.1) is 16.2 Å². The molecule has 0 aliphatic rings. The van der Waals surface area contributed by atoms with Gasteiger partial charge in [0.1, 0.15) is 0 Å². The lowest BCUT2D eigenvalue weighted by Crippen LogP contribution is -2.59. The second-order valence-electron chi connectivity index (χ2n) is 12.9. The van der Waals surface area contributed by atoms with E-state index in [0.29, 0.717) is 5.56 Å². The maximum atomic E-state index is 12.7. The molecule has 0 bridgehead atoms. The molecule has 0 aliphatic carbocycles. The minimum Gasteiger partial charge on any atom is -0.477 e. The Morgan fingerprint density at radius 1 is 0.842 bits per heavy atom. The average Bonchev–Trinajstić information content (AvgIpc) is 2.71. The number of ether oxygens (including phenoxy) is 4. The van der Waals surface area contributed by atoms with Crippen molar-refractivity contribution in [2.24, 2.45) is 16.2 Å². The molecule has 0 spiro atoms. The minimum absolute atomic E-state index is 0.00507. The third-order valence-electron chi connectivity index (χ3n) is 4.84. The molecule has 10 heteroatoms. The van der Waals surface area contributed by atoms with E-state index in [9.17, 15) is 24.3 Å². The number of rotatable bonds is 9. The molecule has 0 saturated carbocycles. The molecule has 0 aromatic heterocycles. The van der Waals surface area contributed by atoms with Gasteiger partial charge in [0.15, 0.2) is 11.5 Å². The highest BCUT2D eigenvalue weighted by Crippen LogP contribution is 2.34. The number of hydrogen-bond acceptors (Lipinski definition) is 9. The van der Waals surface area contributed by atoms with Crippen LogP contribution in [-0.2, 0) is 30.3 Å². The molecule has 0 unspecified atom stereocenters. The van der Waals surface area contributed by atoms with Crippen molar-refractivity contribution in [1.29, 1.82) is 0 Å². The second kappa shape index (κ2) is 12.1. The zero-order chi connectivity index (χ0) is 29.7. The summed E-state index contributed by atoms with van der Waals surface area (Å²) in [4.78, 5) is 50.2. The Hall–Kier alpha value is -3.14. The van der Waals surface area contributed by atoms with Crippen molar-refractivity contribution in [2.45, 2.75) is 94.3 Å². The zero-order valence-electron chi connectivity index (χ0n) is 24.4. The first kappa shape index (κ1) is 32.9. The Bertz CT molecular complexity index is 1030. The standard InChI is InChI=1S/C28H43NO9/c1-17(2)29-28(21(30)31,38-24(34)35-16-25(3,4)5)15-18-12-13-19(36-22(32)26(6,7)8)20(14-18)37-23(33)27(9,10)11/h12-14,17,29H,15-16H2,1-11H3,(H,30,31)/t28-/m0/s1. The number of benzene rings is 1. The molecule has 0 saturated heterocycles. The van der Waals surface area contributed by atoms with Crippen LogP contribution < -0.4 is 14.8 Å². The predicted octanol–water partition coefficient (Wildman–Crippen LogP) is 5.11. The Balaban J connectivity index is 3.49. The lowest BCUT2D eigenvalue weighted by molar-refractivity contribution is -0.167. The van der Waals surface area contributed by atoms with E-state index >= 15 is 0 Å². The van der Waals surface area contributed by atoms with Gasteiger partial charge in [0, 0.05) is 12.5 Å². The topological polar surface area (TPSA) is 137 Å². The number of carbonyl (C=O) groups is 4. The average molecular weight is 538 g/mol. The molecule has 0 radical (unpaired) electrons. The van der Waals surface area contributed by atoms with Crippen molar-refractivity contribution in [2.75, 3.05) is 6.61 Å². The van der Waals surface area contributed by atoms with E-state index in [1.807, 2.05) is 20.8 Å². The molecule has 2 N–H and O–H groups in total. The molecule has 0 heterocycles. The number of aliphatic carboxylic acids is 1. The van der Waals surface area contributed by atoms with Gasteiger partial charge in [-0.25, -0.2) is 9.59 Å². The van der Waals surface area contributed by atoms with Crippen LogP contribution in [0.1, 0.15) is 81.7 Å². The van der Waals surface area contributed by atoms with Gasteiger partial charge in [0.05, 0.1) is 17.4 Å². The monoisotopic (exact) mass is 537 g/mol. The van der Waals surface area contributed by atoms with Crippen molar-refractivity contribution in [3.63, 3.8) is 0 Å². The normalized spacial score (nSPS) is 13.9. The highest BCUT2D eigenvalue weighted by atomic mass is 16.7. The van der Waals surface area contributed by atoms with Crippen molar-refractivity contribution in [1.82, 2.24) is 5.32 Å². The summed E-state index contributed by atoms with van der Waals surface area (Å²) in [5.41, 5.74) is -3.92. The van der Waals surface area contributed by atoms with E-state index in [1.54, 1.807) is 55.4 Å². The second-order valence-corrected chi connectivity index (χ2v) is 12.9. The summed E-state index contributed by atoms with van der Waals surface area (Å²) in [7, 11) is 0. The largest absolute Gasteiger partial charge is 0.510 e. The summed E-state index contributed by atoms with van der Waals surface area (Å²) in [5.74, 6) is -2.66. The number of carboxylic acids is 1. The van der Waals surface area contributed by atoms with Gasteiger partial charge >= 0.3 is 24.1 Å². The number of hydrogen-bond donors (Lipinski definition) is 2. The van der Waals surface area contributed by atoms with E-state index in [-0.39, 0.29) is 29.9 Å². The Morgan fingerprint density at radius 2 is 1.34 bits per heavy atom. The van der Waals surface area contributed by atoms with E-state index < -0.39 is 46.7 Å². The maximum absolute atomic E-state index is 12.7. The highest BCUT2D eigenvalue weighted by Gasteiger charge is 2.44. The summed E-state index contributed by atoms with van der Waals surface area (Å²) in [5, 5.41) is 13.0. The fourth-order valence-corrected chi connectivity index (χ4v) is 2.83. The highest BCUT2D eigenvalue weighted by molar-refractivity contribution is 5.82. The first-order valence-electron chi connectivity index (χ1n) is 12.5. The fraction of sp³-hybridized carbons (Fsp3) is 0.643. The van der Waals surface area contributed by atoms with Crippen LogP contribution in [-0.4, -0.2) is 47.5 Å². The van der Waals surface area contributed by atoms with Crippen LogP contribution in [0.15, 0.2) is 18.2 Å². The Labute approximate surface area is 225 Å². The number of esters is 2.